The smallest absolute Gasteiger partial charge is 0.367 e. The first-order valence-electron chi connectivity index (χ1n) is 6.65. The molecule has 2 aliphatic rings. The number of hydrogen-bond acceptors (Lipinski definition) is 7. The van der Waals surface area contributed by atoms with Gasteiger partial charge in [-0.1, -0.05) is 47.8 Å². The number of carboxylic acids is 1. The van der Waals surface area contributed by atoms with E-state index in [1.807, 2.05) is 0 Å². The number of alkyl halides is 3. The van der Waals surface area contributed by atoms with Crippen LogP contribution < -0.4 is 0 Å². The number of aliphatic hydroxyl groups is 2. The zero-order chi connectivity index (χ0) is 17.6. The van der Waals surface area contributed by atoms with Crippen LogP contribution in [0.15, 0.2) is 0 Å². The molecule has 0 aromatic carbocycles. The molecule has 1 unspecified atom stereocenters. The number of halogens is 3. The van der Waals surface area contributed by atoms with Gasteiger partial charge >= 0.3 is 5.97 Å². The van der Waals surface area contributed by atoms with Crippen molar-refractivity contribution in [2.45, 2.75) is 53.3 Å². The minimum absolute atomic E-state index is 0.139. The number of aliphatic carboxylic acids is 1. The second kappa shape index (κ2) is 6.76. The lowest BCUT2D eigenvalue weighted by atomic mass is 9.99. The predicted molar refractivity (Wildman–Crippen MR) is 87.6 cm³/mol. The lowest BCUT2D eigenvalue weighted by Crippen LogP contribution is -2.64. The summed E-state index contributed by atoms with van der Waals surface area (Å²) in [5.41, 5.74) is 0. The van der Waals surface area contributed by atoms with Gasteiger partial charge in [-0.3, -0.25) is 0 Å². The van der Waals surface area contributed by atoms with Gasteiger partial charge in [-0.25, -0.2) is 4.79 Å². The van der Waals surface area contributed by atoms with Crippen molar-refractivity contribution in [1.29, 1.82) is 0 Å². The largest absolute Gasteiger partial charge is 0.477 e. The van der Waals surface area contributed by atoms with Crippen LogP contribution in [0.3, 0.4) is 0 Å². The summed E-state index contributed by atoms with van der Waals surface area (Å²) >= 11 is 9.85. The second-order valence-corrected chi connectivity index (χ2v) is 9.37. The summed E-state index contributed by atoms with van der Waals surface area (Å²) in [7, 11) is 0. The summed E-state index contributed by atoms with van der Waals surface area (Å²) < 4.78 is 21.5. The van der Waals surface area contributed by atoms with Crippen molar-refractivity contribution in [3.63, 3.8) is 0 Å². The Hall–Kier alpha value is 0.670. The van der Waals surface area contributed by atoms with Crippen LogP contribution in [-0.2, 0) is 23.7 Å². The quantitative estimate of drug-likeness (QED) is 0.461. The highest BCUT2D eigenvalue weighted by molar-refractivity contribution is 9.24. The molecule has 0 amide bonds. The highest BCUT2D eigenvalue weighted by Crippen LogP contribution is 2.43. The molecule has 8 nitrogen and oxygen atoms in total. The summed E-state index contributed by atoms with van der Waals surface area (Å²) in [6, 6.07) is 0. The van der Waals surface area contributed by atoms with E-state index in [4.69, 9.17) is 18.9 Å². The number of rotatable bonds is 4. The van der Waals surface area contributed by atoms with E-state index in [2.05, 4.69) is 47.8 Å². The number of ether oxygens (including phenoxy) is 4. The number of aliphatic hydroxyl groups excluding tert-OH is 1. The molecule has 23 heavy (non-hydrogen) atoms. The first kappa shape index (κ1) is 20.0. The van der Waals surface area contributed by atoms with Crippen molar-refractivity contribution < 1.29 is 39.1 Å². The molecule has 2 aliphatic heterocycles. The van der Waals surface area contributed by atoms with Gasteiger partial charge in [0.05, 0.1) is 11.9 Å². The number of carboxylic acid groups (broad SMARTS) is 1. The Morgan fingerprint density at radius 2 is 1.96 bits per heavy atom. The van der Waals surface area contributed by atoms with Crippen LogP contribution >= 0.6 is 47.8 Å². The van der Waals surface area contributed by atoms with Crippen LogP contribution in [0.4, 0.5) is 0 Å². The molecule has 0 saturated carbocycles. The van der Waals surface area contributed by atoms with E-state index in [1.54, 1.807) is 0 Å². The Kier molecular flexibility index (Phi) is 5.88. The molecule has 0 aliphatic carbocycles. The van der Waals surface area contributed by atoms with Gasteiger partial charge < -0.3 is 34.3 Å². The van der Waals surface area contributed by atoms with Gasteiger partial charge in [-0.2, -0.15) is 0 Å². The van der Waals surface area contributed by atoms with E-state index in [0.717, 1.165) is 0 Å². The lowest BCUT2D eigenvalue weighted by molar-refractivity contribution is -0.327. The van der Waals surface area contributed by atoms with Gasteiger partial charge in [-0.05, 0) is 13.8 Å². The van der Waals surface area contributed by atoms with E-state index in [-0.39, 0.29) is 11.9 Å². The van der Waals surface area contributed by atoms with E-state index < -0.39 is 45.4 Å². The average Bonchev–Trinajstić information content (AvgIpc) is 2.70. The van der Waals surface area contributed by atoms with Gasteiger partial charge in [0, 0.05) is 0 Å². The van der Waals surface area contributed by atoms with Crippen LogP contribution in [0, 0.1) is 0 Å². The first-order chi connectivity index (χ1) is 10.5. The van der Waals surface area contributed by atoms with Crippen LogP contribution in [-0.4, -0.2) is 72.6 Å². The molecule has 0 aromatic rings. The fourth-order valence-corrected chi connectivity index (χ4v) is 4.76. The molecule has 2 saturated heterocycles. The van der Waals surface area contributed by atoms with Crippen LogP contribution in [0.5, 0.6) is 0 Å². The van der Waals surface area contributed by atoms with Gasteiger partial charge in [0.1, 0.15) is 15.9 Å². The third-order valence-corrected chi connectivity index (χ3v) is 5.71. The van der Waals surface area contributed by atoms with E-state index in [1.165, 1.54) is 13.8 Å². The topological polar surface area (TPSA) is 115 Å². The molecule has 0 radical (unpaired) electrons. The molecule has 0 spiro atoms. The summed E-state index contributed by atoms with van der Waals surface area (Å²) in [4.78, 5) is 11.5. The molecule has 5 atom stereocenters. The zero-order valence-corrected chi connectivity index (χ0v) is 17.0. The Morgan fingerprint density at radius 3 is 2.43 bits per heavy atom. The van der Waals surface area contributed by atoms with Crippen LogP contribution in [0.1, 0.15) is 13.8 Å². The maximum absolute atomic E-state index is 11.5. The predicted octanol–water partition coefficient (Wildman–Crippen LogP) is 0.894. The Labute approximate surface area is 157 Å². The minimum atomic E-state index is -2.65. The Balaban J connectivity index is 2.35. The third-order valence-electron chi connectivity index (χ3n) is 3.53. The molecular weight excluding hydrogens is 512 g/mol. The Bertz CT molecular complexity index is 475. The molecule has 2 fully saturated rings. The summed E-state index contributed by atoms with van der Waals surface area (Å²) in [6.45, 7) is 2.78. The zero-order valence-electron chi connectivity index (χ0n) is 12.2. The van der Waals surface area contributed by atoms with Crippen molar-refractivity contribution in [1.82, 2.24) is 0 Å². The van der Waals surface area contributed by atoms with Crippen molar-refractivity contribution in [2.24, 2.45) is 0 Å². The molecule has 2 rings (SSSR count). The number of carbonyl (C=O) groups is 1. The lowest BCUT2D eigenvalue weighted by Gasteiger charge is -2.45. The molecule has 134 valence electrons. The van der Waals surface area contributed by atoms with Gasteiger partial charge in [-0.15, -0.1) is 0 Å². The first-order valence-corrected chi connectivity index (χ1v) is 9.60. The molecular formula is C12H17Br3O8. The normalized spacial score (nSPS) is 43.7. The highest BCUT2D eigenvalue weighted by atomic mass is 79.9. The van der Waals surface area contributed by atoms with Crippen molar-refractivity contribution in [2.75, 3.05) is 11.9 Å². The van der Waals surface area contributed by atoms with Gasteiger partial charge in [0.2, 0.25) is 5.79 Å². The highest BCUT2D eigenvalue weighted by Gasteiger charge is 2.64. The van der Waals surface area contributed by atoms with Gasteiger partial charge in [0.15, 0.2) is 11.9 Å². The fraction of sp³-hybridized carbons (Fsp3) is 0.917. The maximum atomic E-state index is 11.5. The molecule has 2 heterocycles. The fourth-order valence-electron chi connectivity index (χ4n) is 2.47. The second-order valence-electron chi connectivity index (χ2n) is 5.75. The summed E-state index contributed by atoms with van der Waals surface area (Å²) in [5, 5.41) is 30.1. The standard InChI is InChI=1S/C12H17Br3O8/c1-10(2)22-7(12(19,23-10)9(17)18)6-5(16)3-20-11(4-13,21-6)8(14)15/h5-8,16,19H,3-4H2,1-2H3,(H,17,18)/t5-,6+,7-,11?,12-/m0/s1. The molecule has 3 N–H and O–H groups in total. The van der Waals surface area contributed by atoms with E-state index in [0.29, 0.717) is 0 Å². The monoisotopic (exact) mass is 526 g/mol. The van der Waals surface area contributed by atoms with Crippen molar-refractivity contribution in [3.8, 4) is 0 Å². The van der Waals surface area contributed by atoms with Gasteiger partial charge in [0.25, 0.3) is 5.79 Å². The average molecular weight is 529 g/mol. The van der Waals surface area contributed by atoms with Crippen molar-refractivity contribution in [3.05, 3.63) is 0 Å². The number of hydrogen-bond donors (Lipinski definition) is 3. The summed E-state index contributed by atoms with van der Waals surface area (Å²) in [5.74, 6) is -6.88. The van der Waals surface area contributed by atoms with Crippen molar-refractivity contribution >= 4 is 53.8 Å². The Morgan fingerprint density at radius 1 is 1.35 bits per heavy atom. The van der Waals surface area contributed by atoms with E-state index in [9.17, 15) is 20.1 Å². The van der Waals surface area contributed by atoms with Crippen LogP contribution in [0.2, 0.25) is 0 Å². The minimum Gasteiger partial charge on any atom is -0.477 e. The molecule has 0 bridgehead atoms. The molecule has 11 heteroatoms. The van der Waals surface area contributed by atoms with Crippen LogP contribution in [0.25, 0.3) is 0 Å². The van der Waals surface area contributed by atoms with E-state index >= 15 is 0 Å². The third kappa shape index (κ3) is 3.63. The summed E-state index contributed by atoms with van der Waals surface area (Å²) in [6.07, 6.45) is -3.86. The maximum Gasteiger partial charge on any atom is 0.367 e. The molecule has 0 aromatic heterocycles. The SMILES string of the molecule is CC1(C)O[C@@H]([C@@H]2OC(CBr)(C(Br)Br)OC[C@@H]2O)[C@@](O)(C(=O)O)O1.